The number of aromatic nitrogens is 4. The third kappa shape index (κ3) is 8.58. The van der Waals surface area contributed by atoms with E-state index >= 15 is 0 Å². The number of likely N-dealkylation sites (tertiary alicyclic amines) is 1. The summed E-state index contributed by atoms with van der Waals surface area (Å²) in [6.45, 7) is 12.8. The van der Waals surface area contributed by atoms with Crippen LogP contribution in [0.5, 0.6) is 5.88 Å². The molecule has 3 aromatic heterocycles. The Balaban J connectivity index is 1.45. The molecule has 2 aliphatic rings. The topological polar surface area (TPSA) is 167 Å². The summed E-state index contributed by atoms with van der Waals surface area (Å²) in [4.78, 5) is 65.2. The van der Waals surface area contributed by atoms with E-state index in [0.29, 0.717) is 46.9 Å². The van der Waals surface area contributed by atoms with E-state index in [1.807, 2.05) is 17.5 Å². The highest BCUT2D eigenvalue weighted by Crippen LogP contribution is 2.45. The molecule has 3 amide bonds. The van der Waals surface area contributed by atoms with Crippen LogP contribution in [0.25, 0.3) is 21.7 Å². The second kappa shape index (κ2) is 15.6. The minimum atomic E-state index is -1.27. The molecule has 274 valence electrons. The number of hydrogen-bond donors (Lipinski definition) is 2. The highest BCUT2D eigenvalue weighted by Gasteiger charge is 2.62. The number of thiophene rings is 1. The number of methoxy groups -OCH3 is 1. The molecule has 5 rings (SSSR count). The van der Waals surface area contributed by atoms with Gasteiger partial charge in [0.2, 0.25) is 17.7 Å². The molecule has 0 unspecified atom stereocenters. The Morgan fingerprint density at radius 3 is 2.59 bits per heavy atom. The molecule has 0 spiro atoms. The number of amides is 3. The maximum absolute atomic E-state index is 14.5. The Morgan fingerprint density at radius 2 is 1.94 bits per heavy atom. The molecule has 0 aromatic carbocycles. The highest BCUT2D eigenvalue weighted by molar-refractivity contribution is 7.17. The Labute approximate surface area is 301 Å². The Morgan fingerprint density at radius 1 is 1.16 bits per heavy atom. The Bertz CT molecular complexity index is 1780. The predicted molar refractivity (Wildman–Crippen MR) is 192 cm³/mol. The fourth-order valence-electron chi connectivity index (χ4n) is 6.37. The van der Waals surface area contributed by atoms with Crippen LogP contribution < -0.4 is 15.4 Å². The first-order valence-electron chi connectivity index (χ1n) is 17.1. The number of allylic oxidation sites excluding steroid dienone is 1. The van der Waals surface area contributed by atoms with Crippen LogP contribution in [0.3, 0.4) is 0 Å². The van der Waals surface area contributed by atoms with Gasteiger partial charge >= 0.3 is 12.1 Å². The zero-order valence-electron chi connectivity index (χ0n) is 29.8. The van der Waals surface area contributed by atoms with Crippen LogP contribution in [0, 0.1) is 5.92 Å². The van der Waals surface area contributed by atoms with Gasteiger partial charge in [-0.15, -0.1) is 24.5 Å². The molecule has 1 saturated carbocycles. The third-order valence-electron chi connectivity index (χ3n) is 9.03. The number of carbonyl (C=O) groups is 4. The second-order valence-corrected chi connectivity index (χ2v) is 14.8. The number of unbranched alkanes of at least 4 members (excludes halogenated alkanes) is 3. The van der Waals surface area contributed by atoms with Crippen molar-refractivity contribution >= 4 is 45.4 Å². The molecule has 51 heavy (non-hydrogen) atoms. The van der Waals surface area contributed by atoms with Gasteiger partial charge in [-0.1, -0.05) is 25.0 Å². The van der Waals surface area contributed by atoms with Crippen molar-refractivity contribution < 1.29 is 33.4 Å². The van der Waals surface area contributed by atoms with E-state index in [4.69, 9.17) is 24.2 Å². The van der Waals surface area contributed by atoms with Crippen LogP contribution in [0.2, 0.25) is 0 Å². The number of carbonyl (C=O) groups excluding carboxylic acids is 4. The average Bonchev–Trinajstić information content (AvgIpc) is 3.46. The lowest BCUT2D eigenvalue weighted by molar-refractivity contribution is -0.148. The van der Waals surface area contributed by atoms with Crippen molar-refractivity contribution in [2.45, 2.75) is 95.0 Å². The maximum atomic E-state index is 14.5. The molecular weight excluding hydrogens is 675 g/mol. The fourth-order valence-corrected chi connectivity index (χ4v) is 7.13. The SMILES string of the molecule is C=CCCCCC[C@H](NC(=O)OC(C)(C)C)C(=O)N1C[C@H](Oc2nc(-c3ccnn3C)nc3ccsc23)C[C@H]1C(=O)N[C@]1(C(=O)OC)C[C@H]1C=C. The van der Waals surface area contributed by atoms with Crippen molar-refractivity contribution in [3.8, 4) is 17.4 Å². The molecule has 0 bridgehead atoms. The molecule has 1 aliphatic carbocycles. The summed E-state index contributed by atoms with van der Waals surface area (Å²) in [5.74, 6) is -1.17. The van der Waals surface area contributed by atoms with Crippen molar-refractivity contribution in [2.75, 3.05) is 13.7 Å². The molecule has 2 N–H and O–H groups in total. The first-order chi connectivity index (χ1) is 24.3. The normalized spacial score (nSPS) is 21.8. The zero-order valence-corrected chi connectivity index (χ0v) is 30.7. The highest BCUT2D eigenvalue weighted by atomic mass is 32.1. The molecule has 3 aromatic rings. The summed E-state index contributed by atoms with van der Waals surface area (Å²) >= 11 is 1.42. The summed E-state index contributed by atoms with van der Waals surface area (Å²) in [5.41, 5.74) is -0.686. The number of rotatable bonds is 15. The van der Waals surface area contributed by atoms with Crippen LogP contribution in [0.15, 0.2) is 49.0 Å². The van der Waals surface area contributed by atoms with Crippen LogP contribution >= 0.6 is 11.3 Å². The quantitative estimate of drug-likeness (QED) is 0.128. The van der Waals surface area contributed by atoms with Crippen LogP contribution in [0.4, 0.5) is 4.79 Å². The smallest absolute Gasteiger partial charge is 0.408 e. The summed E-state index contributed by atoms with van der Waals surface area (Å²) < 4.78 is 19.4. The Kier molecular flexibility index (Phi) is 11.5. The average molecular weight is 722 g/mol. The van der Waals surface area contributed by atoms with Crippen LogP contribution in [-0.4, -0.2) is 91.5 Å². The number of nitrogens with zero attached hydrogens (tertiary/aromatic N) is 5. The predicted octanol–water partition coefficient (Wildman–Crippen LogP) is 4.70. The zero-order chi connectivity index (χ0) is 36.9. The van der Waals surface area contributed by atoms with E-state index in [2.05, 4.69) is 28.9 Å². The van der Waals surface area contributed by atoms with E-state index < -0.39 is 53.2 Å². The van der Waals surface area contributed by atoms with Gasteiger partial charge in [0.15, 0.2) is 5.82 Å². The summed E-state index contributed by atoms with van der Waals surface area (Å²) in [6.07, 6.45) is 7.64. The van der Waals surface area contributed by atoms with Gasteiger partial charge < -0.3 is 29.7 Å². The first kappa shape index (κ1) is 37.5. The molecular formula is C36H47N7O7S. The number of esters is 1. The molecule has 15 heteroatoms. The van der Waals surface area contributed by atoms with Gasteiger partial charge in [0.1, 0.15) is 39.7 Å². The maximum Gasteiger partial charge on any atom is 0.408 e. The van der Waals surface area contributed by atoms with Crippen molar-refractivity contribution in [3.05, 3.63) is 49.0 Å². The first-order valence-corrected chi connectivity index (χ1v) is 18.0. The molecule has 1 aliphatic heterocycles. The largest absolute Gasteiger partial charge is 0.471 e. The second-order valence-electron chi connectivity index (χ2n) is 13.9. The van der Waals surface area contributed by atoms with Crippen molar-refractivity contribution in [1.82, 2.24) is 35.3 Å². The fraction of sp³-hybridized carbons (Fsp3) is 0.528. The molecule has 1 saturated heterocycles. The number of nitrogens with one attached hydrogen (secondary N) is 2. The molecule has 2 fully saturated rings. The standard InChI is InChI=1S/C36H47N7O7S/c1-8-10-11-12-13-14-25(39-34(47)50-35(3,4)5)32(45)43-21-23(19-27(43)30(44)41-36(33(46)48-7)20-22(36)9-2)49-31-28-24(16-18-51-28)38-29(40-31)26-15-17-37-42(26)6/h8-9,15-18,22-23,25,27H,1-2,10-14,19-21H2,3-7H3,(H,39,47)(H,41,44)/t22-,23-,25+,27+,36-/m1/s1. The summed E-state index contributed by atoms with van der Waals surface area (Å²) in [5, 5.41) is 11.8. The summed E-state index contributed by atoms with van der Waals surface area (Å²) in [7, 11) is 3.05. The van der Waals surface area contributed by atoms with Gasteiger partial charge in [-0.3, -0.25) is 14.3 Å². The van der Waals surface area contributed by atoms with E-state index in [1.165, 1.54) is 23.3 Å². The number of alkyl carbamates (subject to hydrolysis) is 1. The van der Waals surface area contributed by atoms with Gasteiger partial charge in [-0.05, 0) is 64.0 Å². The van der Waals surface area contributed by atoms with E-state index in [1.54, 1.807) is 50.8 Å². The van der Waals surface area contributed by atoms with E-state index in [-0.39, 0.29) is 18.9 Å². The van der Waals surface area contributed by atoms with Crippen molar-refractivity contribution in [2.24, 2.45) is 13.0 Å². The van der Waals surface area contributed by atoms with E-state index in [9.17, 15) is 19.2 Å². The summed E-state index contributed by atoms with van der Waals surface area (Å²) in [6, 6.07) is 1.66. The molecule has 5 atom stereocenters. The number of aryl methyl sites for hydroxylation is 1. The Hall–Kier alpha value is -4.79. The molecule has 0 radical (unpaired) electrons. The van der Waals surface area contributed by atoms with Gasteiger partial charge in [-0.2, -0.15) is 10.1 Å². The van der Waals surface area contributed by atoms with Gasteiger partial charge in [-0.25, -0.2) is 14.6 Å². The lowest BCUT2D eigenvalue weighted by Crippen LogP contribution is -2.56. The minimum absolute atomic E-state index is 0.0217. The van der Waals surface area contributed by atoms with Gasteiger partial charge in [0.25, 0.3) is 0 Å². The molecule has 4 heterocycles. The van der Waals surface area contributed by atoms with Gasteiger partial charge in [0, 0.05) is 25.6 Å². The monoisotopic (exact) mass is 721 g/mol. The van der Waals surface area contributed by atoms with Gasteiger partial charge in [0.05, 0.1) is 19.2 Å². The lowest BCUT2D eigenvalue weighted by atomic mass is 10.0. The van der Waals surface area contributed by atoms with Crippen molar-refractivity contribution in [1.29, 1.82) is 0 Å². The van der Waals surface area contributed by atoms with E-state index in [0.717, 1.165) is 19.3 Å². The molecule has 14 nitrogen and oxygen atoms in total. The van der Waals surface area contributed by atoms with Crippen molar-refractivity contribution in [3.63, 3.8) is 0 Å². The third-order valence-corrected chi connectivity index (χ3v) is 9.93. The number of ether oxygens (including phenoxy) is 3. The minimum Gasteiger partial charge on any atom is -0.471 e. The number of hydrogen-bond acceptors (Lipinski definition) is 11. The van der Waals surface area contributed by atoms with Crippen LogP contribution in [-0.2, 0) is 30.9 Å². The van der Waals surface area contributed by atoms with Crippen LogP contribution in [0.1, 0.15) is 65.7 Å². The number of fused-ring (bicyclic) bond motifs is 1. The lowest BCUT2D eigenvalue weighted by Gasteiger charge is -2.30.